The Hall–Kier alpha value is -2.63. The van der Waals surface area contributed by atoms with Gasteiger partial charge in [0.25, 0.3) is 5.91 Å². The van der Waals surface area contributed by atoms with Crippen LogP contribution in [0.15, 0.2) is 30.3 Å². The van der Waals surface area contributed by atoms with Crippen LogP contribution in [0, 0.1) is 13.8 Å². The number of rotatable bonds is 5. The SMILES string of the molecule is Cc1nn(C)c(C)c1C(=O)NCC(=O)OCc1ccccc1. The number of esters is 1. The molecule has 0 unspecified atom stereocenters. The highest BCUT2D eigenvalue weighted by molar-refractivity contribution is 5.97. The molecule has 116 valence electrons. The molecule has 6 heteroatoms. The molecule has 1 aromatic heterocycles. The van der Waals surface area contributed by atoms with Crippen LogP contribution in [-0.4, -0.2) is 28.2 Å². The summed E-state index contributed by atoms with van der Waals surface area (Å²) in [5, 5.41) is 6.74. The molecule has 0 aliphatic rings. The highest BCUT2D eigenvalue weighted by Gasteiger charge is 2.18. The molecule has 0 bridgehead atoms. The molecule has 6 nitrogen and oxygen atoms in total. The van der Waals surface area contributed by atoms with Gasteiger partial charge in [-0.2, -0.15) is 5.10 Å². The van der Waals surface area contributed by atoms with Gasteiger partial charge in [-0.25, -0.2) is 0 Å². The lowest BCUT2D eigenvalue weighted by atomic mass is 10.2. The van der Waals surface area contributed by atoms with Crippen LogP contribution in [0.1, 0.15) is 27.3 Å². The molecule has 0 aliphatic carbocycles. The molecule has 2 rings (SSSR count). The van der Waals surface area contributed by atoms with Gasteiger partial charge in [-0.1, -0.05) is 30.3 Å². The van der Waals surface area contributed by atoms with Crippen molar-refractivity contribution in [3.8, 4) is 0 Å². The average molecular weight is 301 g/mol. The lowest BCUT2D eigenvalue weighted by Gasteiger charge is -2.07. The fourth-order valence-electron chi connectivity index (χ4n) is 2.13. The third kappa shape index (κ3) is 3.72. The van der Waals surface area contributed by atoms with Crippen molar-refractivity contribution in [2.45, 2.75) is 20.5 Å². The fraction of sp³-hybridized carbons (Fsp3) is 0.312. The lowest BCUT2D eigenvalue weighted by Crippen LogP contribution is -2.31. The second-order valence-electron chi connectivity index (χ2n) is 5.00. The van der Waals surface area contributed by atoms with E-state index >= 15 is 0 Å². The maximum absolute atomic E-state index is 12.1. The number of hydrogen-bond acceptors (Lipinski definition) is 4. The van der Waals surface area contributed by atoms with Crippen molar-refractivity contribution < 1.29 is 14.3 Å². The van der Waals surface area contributed by atoms with Crippen LogP contribution in [0.5, 0.6) is 0 Å². The molecule has 2 aromatic rings. The number of aromatic nitrogens is 2. The number of amides is 1. The molecule has 1 amide bonds. The predicted octanol–water partition coefficient (Wildman–Crippen LogP) is 1.51. The Kier molecular flexibility index (Phi) is 4.93. The molecule has 1 aromatic carbocycles. The van der Waals surface area contributed by atoms with E-state index in [0.29, 0.717) is 11.3 Å². The number of carbonyl (C=O) groups excluding carboxylic acids is 2. The number of nitrogens with one attached hydrogen (secondary N) is 1. The molecular formula is C16H19N3O3. The number of ether oxygens (including phenoxy) is 1. The van der Waals surface area contributed by atoms with Crippen LogP contribution in [0.2, 0.25) is 0 Å². The Morgan fingerprint density at radius 1 is 1.23 bits per heavy atom. The summed E-state index contributed by atoms with van der Waals surface area (Å²) in [6, 6.07) is 9.38. The summed E-state index contributed by atoms with van der Waals surface area (Å²) in [5.41, 5.74) is 2.79. The zero-order valence-electron chi connectivity index (χ0n) is 12.9. The van der Waals surface area contributed by atoms with Gasteiger partial charge in [0.1, 0.15) is 13.2 Å². The minimum absolute atomic E-state index is 0.167. The Balaban J connectivity index is 1.84. The van der Waals surface area contributed by atoms with E-state index in [2.05, 4.69) is 10.4 Å². The third-order valence-corrected chi connectivity index (χ3v) is 3.37. The van der Waals surface area contributed by atoms with E-state index < -0.39 is 5.97 Å². The average Bonchev–Trinajstić information content (AvgIpc) is 2.76. The van der Waals surface area contributed by atoms with Crippen molar-refractivity contribution in [2.24, 2.45) is 7.05 Å². The number of nitrogens with zero attached hydrogens (tertiary/aromatic N) is 2. The van der Waals surface area contributed by atoms with E-state index in [9.17, 15) is 9.59 Å². The highest BCUT2D eigenvalue weighted by Crippen LogP contribution is 2.11. The van der Waals surface area contributed by atoms with Gasteiger partial charge in [-0.15, -0.1) is 0 Å². The maximum atomic E-state index is 12.1. The predicted molar refractivity (Wildman–Crippen MR) is 81.3 cm³/mol. The first kappa shape index (κ1) is 15.8. The van der Waals surface area contributed by atoms with Crippen LogP contribution in [0.3, 0.4) is 0 Å². The van der Waals surface area contributed by atoms with Gasteiger partial charge in [0.15, 0.2) is 0 Å². The van der Waals surface area contributed by atoms with Crippen molar-refractivity contribution in [1.82, 2.24) is 15.1 Å². The van der Waals surface area contributed by atoms with Crippen LogP contribution in [0.25, 0.3) is 0 Å². The Bertz CT molecular complexity index is 677. The highest BCUT2D eigenvalue weighted by atomic mass is 16.5. The fourth-order valence-corrected chi connectivity index (χ4v) is 2.13. The summed E-state index contributed by atoms with van der Waals surface area (Å²) in [6.45, 7) is 3.60. The topological polar surface area (TPSA) is 73.2 Å². The second kappa shape index (κ2) is 6.89. The molecule has 0 spiro atoms. The number of aryl methyl sites for hydroxylation is 2. The van der Waals surface area contributed by atoms with E-state index in [4.69, 9.17) is 4.74 Å². The molecule has 0 aliphatic heterocycles. The van der Waals surface area contributed by atoms with Crippen LogP contribution in [0.4, 0.5) is 0 Å². The van der Waals surface area contributed by atoms with Gasteiger partial charge < -0.3 is 10.1 Å². The number of carbonyl (C=O) groups is 2. The monoisotopic (exact) mass is 301 g/mol. The number of hydrogen-bond donors (Lipinski definition) is 1. The molecule has 1 heterocycles. The summed E-state index contributed by atoms with van der Waals surface area (Å²) < 4.78 is 6.74. The number of benzene rings is 1. The first-order valence-corrected chi connectivity index (χ1v) is 6.97. The maximum Gasteiger partial charge on any atom is 0.325 e. The third-order valence-electron chi connectivity index (χ3n) is 3.37. The molecule has 22 heavy (non-hydrogen) atoms. The van der Waals surface area contributed by atoms with Crippen molar-refractivity contribution in [3.05, 3.63) is 52.8 Å². The summed E-state index contributed by atoms with van der Waals surface area (Å²) in [7, 11) is 1.77. The van der Waals surface area contributed by atoms with Crippen LogP contribution >= 0.6 is 0 Å². The molecule has 0 saturated heterocycles. The van der Waals surface area contributed by atoms with Gasteiger partial charge in [0, 0.05) is 12.7 Å². The summed E-state index contributed by atoms with van der Waals surface area (Å²) in [4.78, 5) is 23.8. The van der Waals surface area contributed by atoms with E-state index in [1.54, 1.807) is 18.7 Å². The van der Waals surface area contributed by atoms with Gasteiger partial charge >= 0.3 is 5.97 Å². The molecule has 0 atom stereocenters. The smallest absolute Gasteiger partial charge is 0.325 e. The van der Waals surface area contributed by atoms with Gasteiger partial charge in [-0.05, 0) is 19.4 Å². The van der Waals surface area contributed by atoms with Gasteiger partial charge in [0.2, 0.25) is 0 Å². The van der Waals surface area contributed by atoms with Crippen LogP contribution in [-0.2, 0) is 23.2 Å². The van der Waals surface area contributed by atoms with Gasteiger partial charge in [0.05, 0.1) is 11.3 Å². The standard InChI is InChI=1S/C16H19N3O3/c1-11-15(12(2)19(3)18-11)16(21)17-9-14(20)22-10-13-7-5-4-6-8-13/h4-8H,9-10H2,1-3H3,(H,17,21). The van der Waals surface area contributed by atoms with Crippen LogP contribution < -0.4 is 5.32 Å². The summed E-state index contributed by atoms with van der Waals surface area (Å²) >= 11 is 0. The largest absolute Gasteiger partial charge is 0.460 e. The zero-order chi connectivity index (χ0) is 16.1. The summed E-state index contributed by atoms with van der Waals surface area (Å²) in [6.07, 6.45) is 0. The van der Waals surface area contributed by atoms with Crippen molar-refractivity contribution in [2.75, 3.05) is 6.54 Å². The van der Waals surface area contributed by atoms with E-state index in [1.807, 2.05) is 37.3 Å². The Morgan fingerprint density at radius 3 is 2.50 bits per heavy atom. The van der Waals surface area contributed by atoms with Gasteiger partial charge in [-0.3, -0.25) is 14.3 Å². The van der Waals surface area contributed by atoms with E-state index in [1.165, 1.54) is 0 Å². The quantitative estimate of drug-likeness (QED) is 0.850. The molecule has 0 saturated carbocycles. The zero-order valence-corrected chi connectivity index (χ0v) is 12.9. The molecule has 0 radical (unpaired) electrons. The Morgan fingerprint density at radius 2 is 1.91 bits per heavy atom. The molecule has 0 fully saturated rings. The molecular weight excluding hydrogens is 282 g/mol. The second-order valence-corrected chi connectivity index (χ2v) is 5.00. The summed E-state index contributed by atoms with van der Waals surface area (Å²) in [5.74, 6) is -0.795. The Labute approximate surface area is 129 Å². The van der Waals surface area contributed by atoms with Crippen molar-refractivity contribution in [1.29, 1.82) is 0 Å². The first-order valence-electron chi connectivity index (χ1n) is 6.97. The minimum Gasteiger partial charge on any atom is -0.460 e. The van der Waals surface area contributed by atoms with E-state index in [-0.39, 0.29) is 19.1 Å². The first-order chi connectivity index (χ1) is 10.5. The van der Waals surface area contributed by atoms with Crippen molar-refractivity contribution >= 4 is 11.9 Å². The van der Waals surface area contributed by atoms with E-state index in [0.717, 1.165) is 11.3 Å². The lowest BCUT2D eigenvalue weighted by molar-refractivity contribution is -0.143. The molecule has 1 N–H and O–H groups in total. The minimum atomic E-state index is -0.476. The normalized spacial score (nSPS) is 10.3. The van der Waals surface area contributed by atoms with Crippen molar-refractivity contribution in [3.63, 3.8) is 0 Å².